The molecule has 0 aromatic carbocycles. The van der Waals surface area contributed by atoms with Gasteiger partial charge in [-0.25, -0.2) is 0 Å². The third-order valence-corrected chi connectivity index (χ3v) is 9.15. The van der Waals surface area contributed by atoms with E-state index in [0.29, 0.717) is 0 Å². The molecule has 108 valence electrons. The normalized spacial score (nSPS) is 25.2. The van der Waals surface area contributed by atoms with Gasteiger partial charge in [0.2, 0.25) is 0 Å². The molecule has 0 amide bonds. The Kier molecular flexibility index (Phi) is 5.04. The van der Waals surface area contributed by atoms with Crippen LogP contribution in [0.5, 0.6) is 0 Å². The number of hydrogen-bond acceptors (Lipinski definition) is 3. The molecule has 0 aliphatic heterocycles. The second-order valence-electron chi connectivity index (χ2n) is 6.83. The van der Waals surface area contributed by atoms with Crippen LogP contribution in [0.15, 0.2) is 0 Å². The third kappa shape index (κ3) is 3.16. The second-order valence-corrected chi connectivity index (χ2v) is 11.6. The molecule has 1 rings (SSSR count). The van der Waals surface area contributed by atoms with Crippen LogP contribution in [0, 0.1) is 0 Å². The van der Waals surface area contributed by atoms with Crippen LogP contribution in [-0.2, 0) is 13.9 Å². The van der Waals surface area contributed by atoms with Gasteiger partial charge in [0, 0.05) is 20.6 Å². The van der Waals surface area contributed by atoms with E-state index in [-0.39, 0.29) is 11.1 Å². The quantitative estimate of drug-likeness (QED) is 0.574. The van der Waals surface area contributed by atoms with Crippen molar-refractivity contribution in [3.8, 4) is 0 Å². The molecule has 0 aromatic rings. The molecule has 0 bridgehead atoms. The number of methoxy groups -OCH3 is 2. The van der Waals surface area contributed by atoms with Gasteiger partial charge in [-0.05, 0) is 31.0 Å². The molecule has 1 atom stereocenters. The van der Waals surface area contributed by atoms with Crippen LogP contribution in [0.1, 0.15) is 46.5 Å². The maximum Gasteiger partial charge on any atom is 0.192 e. The average molecular weight is 274 g/mol. The lowest BCUT2D eigenvalue weighted by Gasteiger charge is -2.47. The lowest BCUT2D eigenvalue weighted by Crippen LogP contribution is -2.55. The topological polar surface area (TPSA) is 27.7 Å². The summed E-state index contributed by atoms with van der Waals surface area (Å²) in [5, 5.41) is 0.220. The van der Waals surface area contributed by atoms with Crippen LogP contribution >= 0.6 is 0 Å². The monoisotopic (exact) mass is 274 g/mol. The number of rotatable bonds is 4. The van der Waals surface area contributed by atoms with E-state index < -0.39 is 14.1 Å². The summed E-state index contributed by atoms with van der Waals surface area (Å²) in [6, 6.07) is 0. The predicted octanol–water partition coefficient (Wildman–Crippen LogP) is 3.94. The van der Waals surface area contributed by atoms with Crippen LogP contribution in [0.2, 0.25) is 18.1 Å². The number of hydrogen-bond donors (Lipinski definition) is 0. The van der Waals surface area contributed by atoms with Gasteiger partial charge >= 0.3 is 0 Å². The fraction of sp³-hybridized carbons (Fsp3) is 1.00. The minimum absolute atomic E-state index is 0.0714. The Morgan fingerprint density at radius 1 is 1.06 bits per heavy atom. The maximum atomic E-state index is 6.53. The van der Waals surface area contributed by atoms with Crippen molar-refractivity contribution in [2.45, 2.75) is 76.5 Å². The third-order valence-electron chi connectivity index (χ3n) is 4.67. The van der Waals surface area contributed by atoms with Crippen molar-refractivity contribution < 1.29 is 13.9 Å². The van der Waals surface area contributed by atoms with Gasteiger partial charge in [-0.1, -0.05) is 27.2 Å². The van der Waals surface area contributed by atoms with Crippen LogP contribution in [0.4, 0.5) is 0 Å². The Morgan fingerprint density at radius 3 is 2.06 bits per heavy atom. The van der Waals surface area contributed by atoms with E-state index in [1.54, 1.807) is 14.2 Å². The molecule has 1 unspecified atom stereocenters. The highest BCUT2D eigenvalue weighted by molar-refractivity contribution is 6.74. The first-order valence-electron chi connectivity index (χ1n) is 6.97. The van der Waals surface area contributed by atoms with E-state index in [4.69, 9.17) is 13.9 Å². The van der Waals surface area contributed by atoms with Crippen LogP contribution in [0.3, 0.4) is 0 Å². The lowest BCUT2D eigenvalue weighted by molar-refractivity contribution is -0.268. The Balaban J connectivity index is 2.86. The summed E-state index contributed by atoms with van der Waals surface area (Å²) in [6.45, 7) is 11.4. The molecular weight excluding hydrogens is 244 g/mol. The number of ether oxygens (including phenoxy) is 2. The summed E-state index contributed by atoms with van der Waals surface area (Å²) >= 11 is 0. The fourth-order valence-electron chi connectivity index (χ4n) is 2.31. The van der Waals surface area contributed by atoms with Crippen LogP contribution < -0.4 is 0 Å². The maximum absolute atomic E-state index is 6.53. The van der Waals surface area contributed by atoms with E-state index >= 15 is 0 Å². The first kappa shape index (κ1) is 16.2. The smallest absolute Gasteiger partial charge is 0.192 e. The van der Waals surface area contributed by atoms with Crippen LogP contribution in [0.25, 0.3) is 0 Å². The van der Waals surface area contributed by atoms with Gasteiger partial charge in [0.15, 0.2) is 14.1 Å². The Hall–Kier alpha value is 0.0969. The molecule has 0 saturated heterocycles. The largest absolute Gasteiger partial charge is 0.408 e. The lowest BCUT2D eigenvalue weighted by atomic mass is 9.91. The molecule has 0 N–H and O–H groups in total. The summed E-state index contributed by atoms with van der Waals surface area (Å²) in [5.74, 6) is -0.534. The van der Waals surface area contributed by atoms with Crippen molar-refractivity contribution in [1.29, 1.82) is 0 Å². The van der Waals surface area contributed by atoms with Crippen molar-refractivity contribution in [3.05, 3.63) is 0 Å². The van der Waals surface area contributed by atoms with Gasteiger partial charge in [-0.2, -0.15) is 0 Å². The molecule has 4 heteroatoms. The molecule has 1 aliphatic carbocycles. The van der Waals surface area contributed by atoms with Gasteiger partial charge in [-0.3, -0.25) is 0 Å². The van der Waals surface area contributed by atoms with E-state index in [1.807, 2.05) is 0 Å². The molecule has 0 radical (unpaired) electrons. The molecule has 18 heavy (non-hydrogen) atoms. The average Bonchev–Trinajstić information content (AvgIpc) is 2.28. The Labute approximate surface area is 113 Å². The van der Waals surface area contributed by atoms with E-state index in [2.05, 4.69) is 33.9 Å². The summed E-state index contributed by atoms with van der Waals surface area (Å²) in [5.41, 5.74) is 0. The molecule has 0 heterocycles. The first-order chi connectivity index (χ1) is 8.18. The predicted molar refractivity (Wildman–Crippen MR) is 77.3 cm³/mol. The molecule has 0 aromatic heterocycles. The first-order valence-corrected chi connectivity index (χ1v) is 9.87. The van der Waals surface area contributed by atoms with Crippen molar-refractivity contribution in [2.24, 2.45) is 0 Å². The summed E-state index contributed by atoms with van der Waals surface area (Å²) in [6.07, 6.45) is 4.39. The standard InChI is InChI=1S/C14H30O3Si/c1-13(2,3)18(6,7)17-12-10-8-9-11-14(12,15-4)16-5/h12H,8-11H2,1-7H3. The fourth-order valence-corrected chi connectivity index (χ4v) is 3.68. The zero-order chi connectivity index (χ0) is 14.0. The van der Waals surface area contributed by atoms with Crippen molar-refractivity contribution in [2.75, 3.05) is 14.2 Å². The summed E-state index contributed by atoms with van der Waals surface area (Å²) in [4.78, 5) is 0. The van der Waals surface area contributed by atoms with Gasteiger partial charge in [0.05, 0.1) is 6.10 Å². The van der Waals surface area contributed by atoms with Crippen molar-refractivity contribution in [1.82, 2.24) is 0 Å². The summed E-state index contributed by atoms with van der Waals surface area (Å²) in [7, 11) is 1.69. The summed E-state index contributed by atoms with van der Waals surface area (Å²) < 4.78 is 17.9. The molecular formula is C14H30O3Si. The second kappa shape index (κ2) is 5.61. The van der Waals surface area contributed by atoms with E-state index in [1.165, 1.54) is 6.42 Å². The minimum atomic E-state index is -1.77. The van der Waals surface area contributed by atoms with E-state index in [9.17, 15) is 0 Å². The molecule has 1 saturated carbocycles. The van der Waals surface area contributed by atoms with Crippen LogP contribution in [-0.4, -0.2) is 34.4 Å². The molecule has 0 spiro atoms. The Morgan fingerprint density at radius 2 is 1.61 bits per heavy atom. The minimum Gasteiger partial charge on any atom is -0.408 e. The highest BCUT2D eigenvalue weighted by atomic mass is 28.4. The molecule has 1 aliphatic rings. The van der Waals surface area contributed by atoms with E-state index in [0.717, 1.165) is 19.3 Å². The van der Waals surface area contributed by atoms with Gasteiger partial charge in [0.25, 0.3) is 0 Å². The van der Waals surface area contributed by atoms with Gasteiger partial charge < -0.3 is 13.9 Å². The molecule has 1 fully saturated rings. The van der Waals surface area contributed by atoms with Gasteiger partial charge in [0.1, 0.15) is 0 Å². The van der Waals surface area contributed by atoms with Crippen molar-refractivity contribution >= 4 is 8.32 Å². The Bertz CT molecular complexity index is 267. The highest BCUT2D eigenvalue weighted by Crippen LogP contribution is 2.42. The SMILES string of the molecule is COC1(OC)CCCCC1O[Si](C)(C)C(C)(C)C. The highest BCUT2D eigenvalue weighted by Gasteiger charge is 2.48. The zero-order valence-electron chi connectivity index (χ0n) is 13.1. The van der Waals surface area contributed by atoms with Gasteiger partial charge in [-0.15, -0.1) is 0 Å². The van der Waals surface area contributed by atoms with Crippen molar-refractivity contribution in [3.63, 3.8) is 0 Å². The zero-order valence-corrected chi connectivity index (χ0v) is 14.1. The molecule has 3 nitrogen and oxygen atoms in total.